The molecule has 2 N–H and O–H groups in total. The van der Waals surface area contributed by atoms with Gasteiger partial charge in [-0.2, -0.15) is 0 Å². The van der Waals surface area contributed by atoms with Gasteiger partial charge in [0.1, 0.15) is 12.4 Å². The van der Waals surface area contributed by atoms with Crippen molar-refractivity contribution in [2.75, 3.05) is 33.0 Å². The lowest BCUT2D eigenvalue weighted by Gasteiger charge is -2.29. The van der Waals surface area contributed by atoms with Crippen LogP contribution in [0.2, 0.25) is 0 Å². The lowest BCUT2D eigenvalue weighted by atomic mass is 9.80. The van der Waals surface area contributed by atoms with E-state index in [9.17, 15) is 14.4 Å². The SMILES string of the molecule is CCOCCC(=O)NCCOCC(=O)NC1CCC(C(=O)C(C)C)CC1.[HH].[HH]. The van der Waals surface area contributed by atoms with E-state index in [0.29, 0.717) is 38.6 Å². The van der Waals surface area contributed by atoms with Gasteiger partial charge in [0, 0.05) is 40.3 Å². The molecule has 0 radical (unpaired) electrons. The van der Waals surface area contributed by atoms with Crippen LogP contribution in [-0.2, 0) is 23.9 Å². The molecule has 26 heavy (non-hydrogen) atoms. The second-order valence-electron chi connectivity index (χ2n) is 7.02. The standard InChI is InChI=1S/C19H34N2O5.2H2/c1-4-25-11-9-17(22)20-10-12-26-13-18(23)21-16-7-5-15(6-8-16)19(24)14(2)3;;/h14-16H,4-13H2,1-3H3,(H,20,22)(H,21,23);2*1H. The molecule has 0 aromatic heterocycles. The number of hydrogen-bond donors (Lipinski definition) is 2. The Balaban J connectivity index is 0. The van der Waals surface area contributed by atoms with E-state index < -0.39 is 0 Å². The normalized spacial score (nSPS) is 20.0. The van der Waals surface area contributed by atoms with E-state index in [1.165, 1.54) is 0 Å². The summed E-state index contributed by atoms with van der Waals surface area (Å²) < 4.78 is 10.4. The molecule has 2 amide bonds. The van der Waals surface area contributed by atoms with E-state index in [1.54, 1.807) is 0 Å². The number of ether oxygens (including phenoxy) is 2. The molecule has 7 heteroatoms. The number of nitrogens with one attached hydrogen (secondary N) is 2. The van der Waals surface area contributed by atoms with Gasteiger partial charge in [0.15, 0.2) is 0 Å². The van der Waals surface area contributed by atoms with Crippen molar-refractivity contribution in [3.63, 3.8) is 0 Å². The van der Waals surface area contributed by atoms with E-state index in [1.807, 2.05) is 20.8 Å². The zero-order chi connectivity index (χ0) is 19.4. The van der Waals surface area contributed by atoms with Crippen LogP contribution in [0, 0.1) is 11.8 Å². The molecule has 0 bridgehead atoms. The van der Waals surface area contributed by atoms with Gasteiger partial charge in [-0.3, -0.25) is 14.4 Å². The first-order valence-electron chi connectivity index (χ1n) is 9.69. The van der Waals surface area contributed by atoms with Crippen molar-refractivity contribution in [3.05, 3.63) is 0 Å². The Labute approximate surface area is 159 Å². The average molecular weight is 375 g/mol. The van der Waals surface area contributed by atoms with Crippen LogP contribution >= 0.6 is 0 Å². The first-order chi connectivity index (χ1) is 12.4. The lowest BCUT2D eigenvalue weighted by molar-refractivity contribution is -0.127. The lowest BCUT2D eigenvalue weighted by Crippen LogP contribution is -2.41. The van der Waals surface area contributed by atoms with Crippen LogP contribution in [0.5, 0.6) is 0 Å². The Morgan fingerprint density at radius 3 is 2.35 bits per heavy atom. The van der Waals surface area contributed by atoms with Crippen LogP contribution in [0.25, 0.3) is 0 Å². The maximum absolute atomic E-state index is 12.0. The van der Waals surface area contributed by atoms with E-state index in [0.717, 1.165) is 25.7 Å². The summed E-state index contributed by atoms with van der Waals surface area (Å²) in [5, 5.41) is 5.68. The molecule has 1 aliphatic rings. The van der Waals surface area contributed by atoms with Gasteiger partial charge in [-0.15, -0.1) is 0 Å². The van der Waals surface area contributed by atoms with Gasteiger partial charge in [-0.05, 0) is 32.6 Å². The number of rotatable bonds is 12. The molecule has 0 atom stereocenters. The summed E-state index contributed by atoms with van der Waals surface area (Å²) in [6, 6.07) is 0.126. The molecule has 0 aliphatic heterocycles. The van der Waals surface area contributed by atoms with Gasteiger partial charge >= 0.3 is 0 Å². The molecule has 154 valence electrons. The summed E-state index contributed by atoms with van der Waals surface area (Å²) in [5.74, 6) is 0.330. The molecule has 0 aromatic carbocycles. The van der Waals surface area contributed by atoms with Crippen LogP contribution in [0.1, 0.15) is 55.7 Å². The number of carbonyl (C=O) groups is 3. The van der Waals surface area contributed by atoms with Crippen molar-refractivity contribution >= 4 is 17.6 Å². The minimum Gasteiger partial charge on any atom is -0.381 e. The number of amides is 2. The van der Waals surface area contributed by atoms with E-state index in [4.69, 9.17) is 9.47 Å². The summed E-state index contributed by atoms with van der Waals surface area (Å²) in [6.07, 6.45) is 3.69. The van der Waals surface area contributed by atoms with Crippen molar-refractivity contribution in [1.82, 2.24) is 10.6 Å². The van der Waals surface area contributed by atoms with Crippen LogP contribution in [-0.4, -0.2) is 56.6 Å². The Morgan fingerprint density at radius 1 is 1.04 bits per heavy atom. The monoisotopic (exact) mass is 374 g/mol. The fourth-order valence-corrected chi connectivity index (χ4v) is 3.09. The largest absolute Gasteiger partial charge is 0.381 e. The summed E-state index contributed by atoms with van der Waals surface area (Å²) in [7, 11) is 0. The molecule has 0 heterocycles. The van der Waals surface area contributed by atoms with Gasteiger partial charge in [0.05, 0.1) is 13.2 Å². The second kappa shape index (κ2) is 12.8. The molecule has 1 rings (SSSR count). The third kappa shape index (κ3) is 9.29. The van der Waals surface area contributed by atoms with Gasteiger partial charge in [0.2, 0.25) is 11.8 Å². The fraction of sp³-hybridized carbons (Fsp3) is 0.842. The third-order valence-electron chi connectivity index (χ3n) is 4.54. The number of hydrogen-bond acceptors (Lipinski definition) is 5. The predicted molar refractivity (Wildman–Crippen MR) is 103 cm³/mol. The van der Waals surface area contributed by atoms with Crippen LogP contribution < -0.4 is 10.6 Å². The average Bonchev–Trinajstić information content (AvgIpc) is 2.61. The van der Waals surface area contributed by atoms with Crippen LogP contribution in [0.3, 0.4) is 0 Å². The van der Waals surface area contributed by atoms with E-state index >= 15 is 0 Å². The quantitative estimate of drug-likeness (QED) is 0.509. The highest BCUT2D eigenvalue weighted by Gasteiger charge is 2.28. The van der Waals surface area contributed by atoms with E-state index in [2.05, 4.69) is 10.6 Å². The first kappa shape index (κ1) is 22.6. The number of Topliss-reactive ketones (excluding diaryl/α,β-unsaturated/α-hetero) is 1. The summed E-state index contributed by atoms with van der Waals surface area (Å²) >= 11 is 0. The molecule has 0 aromatic rings. The summed E-state index contributed by atoms with van der Waals surface area (Å²) in [4.78, 5) is 35.4. The van der Waals surface area contributed by atoms with Gasteiger partial charge < -0.3 is 20.1 Å². The van der Waals surface area contributed by atoms with Crippen molar-refractivity contribution in [3.8, 4) is 0 Å². The third-order valence-corrected chi connectivity index (χ3v) is 4.54. The zero-order valence-electron chi connectivity index (χ0n) is 16.3. The number of carbonyl (C=O) groups excluding carboxylic acids is 3. The van der Waals surface area contributed by atoms with Crippen LogP contribution in [0.15, 0.2) is 0 Å². The summed E-state index contributed by atoms with van der Waals surface area (Å²) in [5.41, 5.74) is 0. The maximum Gasteiger partial charge on any atom is 0.246 e. The van der Waals surface area contributed by atoms with Crippen molar-refractivity contribution in [2.45, 2.75) is 58.9 Å². The smallest absolute Gasteiger partial charge is 0.246 e. The Bertz CT molecular complexity index is 456. The highest BCUT2D eigenvalue weighted by Crippen LogP contribution is 2.27. The van der Waals surface area contributed by atoms with Gasteiger partial charge in [-0.25, -0.2) is 0 Å². The van der Waals surface area contributed by atoms with Crippen LogP contribution in [0.4, 0.5) is 0 Å². The molecule has 7 nitrogen and oxygen atoms in total. The fourth-order valence-electron chi connectivity index (χ4n) is 3.09. The molecule has 0 spiro atoms. The minimum absolute atomic E-state index is 0. The Morgan fingerprint density at radius 2 is 1.73 bits per heavy atom. The highest BCUT2D eigenvalue weighted by molar-refractivity contribution is 5.83. The molecule has 1 aliphatic carbocycles. The molecule has 1 fully saturated rings. The molecule has 0 unspecified atom stereocenters. The molecule has 0 saturated heterocycles. The van der Waals surface area contributed by atoms with Crippen molar-refractivity contribution in [1.29, 1.82) is 0 Å². The molecule has 1 saturated carbocycles. The van der Waals surface area contributed by atoms with E-state index in [-0.39, 0.29) is 39.2 Å². The summed E-state index contributed by atoms with van der Waals surface area (Å²) in [6.45, 7) is 7.43. The minimum atomic E-state index is -0.147. The second-order valence-corrected chi connectivity index (χ2v) is 7.02. The zero-order valence-corrected chi connectivity index (χ0v) is 16.3. The maximum atomic E-state index is 12.0. The van der Waals surface area contributed by atoms with Crippen molar-refractivity contribution in [2.24, 2.45) is 11.8 Å². The van der Waals surface area contributed by atoms with Crippen molar-refractivity contribution < 1.29 is 26.7 Å². The predicted octanol–water partition coefficient (Wildman–Crippen LogP) is 1.94. The topological polar surface area (TPSA) is 93.7 Å². The van der Waals surface area contributed by atoms with Gasteiger partial charge in [0.25, 0.3) is 0 Å². The highest BCUT2D eigenvalue weighted by atomic mass is 16.5. The number of ketones is 1. The molecular weight excluding hydrogens is 336 g/mol. The molecular formula is C19H38N2O5. The Hall–Kier alpha value is -1.47. The van der Waals surface area contributed by atoms with Gasteiger partial charge in [-0.1, -0.05) is 13.8 Å². The Kier molecular flexibility index (Phi) is 11.1. The first-order valence-corrected chi connectivity index (χ1v) is 9.69.